The molecule has 0 aliphatic carbocycles. The molecular weight excluding hydrogens is 254 g/mol. The fourth-order valence-electron chi connectivity index (χ4n) is 1.90. The van der Waals surface area contributed by atoms with Gasteiger partial charge < -0.3 is 4.90 Å². The number of likely N-dealkylation sites (N-methyl/N-ethyl adjacent to an activating group) is 1. The standard InChI is InChI=1S/C16H17NOS/c1-17(11-10-13-6-3-2-4-7-13)16(18)14-8-5-9-15(19)12-14/h2-9,12,19H,10-11H2,1H3. The molecule has 0 atom stereocenters. The summed E-state index contributed by atoms with van der Waals surface area (Å²) < 4.78 is 0. The van der Waals surface area contributed by atoms with Crippen LogP contribution in [0.4, 0.5) is 0 Å². The van der Waals surface area contributed by atoms with Gasteiger partial charge >= 0.3 is 0 Å². The molecule has 0 aliphatic rings. The maximum Gasteiger partial charge on any atom is 0.253 e. The van der Waals surface area contributed by atoms with Crippen molar-refractivity contribution in [3.8, 4) is 0 Å². The van der Waals surface area contributed by atoms with E-state index in [1.165, 1.54) is 5.56 Å². The van der Waals surface area contributed by atoms with Crippen molar-refractivity contribution < 1.29 is 4.79 Å². The van der Waals surface area contributed by atoms with Crippen molar-refractivity contribution in [2.45, 2.75) is 11.3 Å². The Morgan fingerprint density at radius 2 is 1.84 bits per heavy atom. The van der Waals surface area contributed by atoms with E-state index in [0.29, 0.717) is 12.1 Å². The Bertz CT molecular complexity index is 554. The summed E-state index contributed by atoms with van der Waals surface area (Å²) in [6.07, 6.45) is 0.865. The molecule has 0 spiro atoms. The van der Waals surface area contributed by atoms with E-state index in [4.69, 9.17) is 0 Å². The van der Waals surface area contributed by atoms with Crippen molar-refractivity contribution >= 4 is 18.5 Å². The van der Waals surface area contributed by atoms with Crippen LogP contribution in [0.5, 0.6) is 0 Å². The Hall–Kier alpha value is -1.74. The van der Waals surface area contributed by atoms with Gasteiger partial charge in [-0.2, -0.15) is 0 Å². The van der Waals surface area contributed by atoms with Crippen LogP contribution in [-0.2, 0) is 6.42 Å². The van der Waals surface area contributed by atoms with Crippen molar-refractivity contribution in [1.82, 2.24) is 4.90 Å². The van der Waals surface area contributed by atoms with Crippen molar-refractivity contribution in [2.24, 2.45) is 0 Å². The molecule has 0 heterocycles. The van der Waals surface area contributed by atoms with E-state index in [0.717, 1.165) is 11.3 Å². The maximum absolute atomic E-state index is 12.2. The molecule has 0 saturated heterocycles. The second-order valence-corrected chi connectivity index (χ2v) is 5.03. The van der Waals surface area contributed by atoms with E-state index < -0.39 is 0 Å². The van der Waals surface area contributed by atoms with E-state index in [9.17, 15) is 4.79 Å². The number of amides is 1. The fourth-order valence-corrected chi connectivity index (χ4v) is 2.13. The van der Waals surface area contributed by atoms with Gasteiger partial charge in [-0.25, -0.2) is 0 Å². The molecule has 0 unspecified atom stereocenters. The lowest BCUT2D eigenvalue weighted by molar-refractivity contribution is 0.0796. The van der Waals surface area contributed by atoms with Gasteiger partial charge in [0.25, 0.3) is 5.91 Å². The summed E-state index contributed by atoms with van der Waals surface area (Å²) in [6, 6.07) is 17.5. The molecule has 0 bridgehead atoms. The molecule has 98 valence electrons. The summed E-state index contributed by atoms with van der Waals surface area (Å²) in [5.41, 5.74) is 1.92. The van der Waals surface area contributed by atoms with Gasteiger partial charge in [0, 0.05) is 24.1 Å². The molecule has 2 aromatic rings. The monoisotopic (exact) mass is 271 g/mol. The SMILES string of the molecule is CN(CCc1ccccc1)C(=O)c1cccc(S)c1. The van der Waals surface area contributed by atoms with Gasteiger partial charge in [-0.15, -0.1) is 12.6 Å². The summed E-state index contributed by atoms with van der Waals surface area (Å²) in [7, 11) is 1.83. The third kappa shape index (κ3) is 3.86. The summed E-state index contributed by atoms with van der Waals surface area (Å²) >= 11 is 4.26. The average molecular weight is 271 g/mol. The lowest BCUT2D eigenvalue weighted by Crippen LogP contribution is -2.28. The van der Waals surface area contributed by atoms with Gasteiger partial charge in [-0.3, -0.25) is 4.79 Å². The number of rotatable bonds is 4. The van der Waals surface area contributed by atoms with E-state index >= 15 is 0 Å². The van der Waals surface area contributed by atoms with E-state index in [1.54, 1.807) is 11.0 Å². The Labute approximate surface area is 119 Å². The van der Waals surface area contributed by atoms with Gasteiger partial charge in [0.2, 0.25) is 0 Å². The fraction of sp³-hybridized carbons (Fsp3) is 0.188. The molecule has 0 N–H and O–H groups in total. The first kappa shape index (κ1) is 13.7. The highest BCUT2D eigenvalue weighted by Crippen LogP contribution is 2.11. The summed E-state index contributed by atoms with van der Waals surface area (Å²) in [6.45, 7) is 0.708. The molecule has 0 fully saturated rings. The van der Waals surface area contributed by atoms with Crippen LogP contribution in [0.15, 0.2) is 59.5 Å². The van der Waals surface area contributed by atoms with Crippen LogP contribution in [0.3, 0.4) is 0 Å². The van der Waals surface area contributed by atoms with Crippen molar-refractivity contribution in [3.05, 3.63) is 65.7 Å². The predicted molar refractivity (Wildman–Crippen MR) is 80.8 cm³/mol. The third-order valence-corrected chi connectivity index (χ3v) is 3.30. The Morgan fingerprint density at radius 1 is 1.11 bits per heavy atom. The third-order valence-electron chi connectivity index (χ3n) is 3.02. The number of hydrogen-bond donors (Lipinski definition) is 1. The van der Waals surface area contributed by atoms with E-state index in [2.05, 4.69) is 24.8 Å². The topological polar surface area (TPSA) is 20.3 Å². The quantitative estimate of drug-likeness (QED) is 0.846. The van der Waals surface area contributed by atoms with E-state index in [-0.39, 0.29) is 5.91 Å². The van der Waals surface area contributed by atoms with Crippen molar-refractivity contribution in [2.75, 3.05) is 13.6 Å². The molecule has 0 aliphatic heterocycles. The van der Waals surface area contributed by atoms with Gasteiger partial charge in [0.15, 0.2) is 0 Å². The molecule has 1 amide bonds. The smallest absolute Gasteiger partial charge is 0.253 e. The minimum atomic E-state index is 0.0341. The first-order valence-corrected chi connectivity index (χ1v) is 6.70. The largest absolute Gasteiger partial charge is 0.341 e. The van der Waals surface area contributed by atoms with Crippen molar-refractivity contribution in [1.29, 1.82) is 0 Å². The van der Waals surface area contributed by atoms with Gasteiger partial charge in [0.1, 0.15) is 0 Å². The van der Waals surface area contributed by atoms with Crippen LogP contribution in [0.25, 0.3) is 0 Å². The number of nitrogens with zero attached hydrogens (tertiary/aromatic N) is 1. The highest BCUT2D eigenvalue weighted by molar-refractivity contribution is 7.80. The molecule has 0 aromatic heterocycles. The first-order valence-electron chi connectivity index (χ1n) is 6.25. The molecule has 2 nitrogen and oxygen atoms in total. The molecule has 0 radical (unpaired) electrons. The summed E-state index contributed by atoms with van der Waals surface area (Å²) in [4.78, 5) is 14.8. The Balaban J connectivity index is 1.96. The Kier molecular flexibility index (Phi) is 4.63. The molecule has 3 heteroatoms. The molecular formula is C16H17NOS. The normalized spacial score (nSPS) is 10.2. The Morgan fingerprint density at radius 3 is 2.53 bits per heavy atom. The van der Waals surface area contributed by atoms with Crippen LogP contribution >= 0.6 is 12.6 Å². The zero-order chi connectivity index (χ0) is 13.7. The molecule has 0 saturated carbocycles. The zero-order valence-electron chi connectivity index (χ0n) is 10.9. The zero-order valence-corrected chi connectivity index (χ0v) is 11.8. The average Bonchev–Trinajstić information content (AvgIpc) is 2.45. The highest BCUT2D eigenvalue weighted by Gasteiger charge is 2.11. The molecule has 2 rings (SSSR count). The minimum absolute atomic E-state index is 0.0341. The van der Waals surface area contributed by atoms with Crippen LogP contribution < -0.4 is 0 Å². The predicted octanol–water partition coefficient (Wildman–Crippen LogP) is 3.29. The first-order chi connectivity index (χ1) is 9.16. The van der Waals surface area contributed by atoms with Crippen LogP contribution in [-0.4, -0.2) is 24.4 Å². The molecule has 2 aromatic carbocycles. The number of thiol groups is 1. The second kappa shape index (κ2) is 6.43. The van der Waals surface area contributed by atoms with Gasteiger partial charge in [-0.05, 0) is 30.2 Å². The minimum Gasteiger partial charge on any atom is -0.341 e. The van der Waals surface area contributed by atoms with Gasteiger partial charge in [-0.1, -0.05) is 36.4 Å². The number of carbonyl (C=O) groups excluding carboxylic acids is 1. The lowest BCUT2D eigenvalue weighted by atomic mass is 10.1. The summed E-state index contributed by atoms with van der Waals surface area (Å²) in [5.74, 6) is 0.0341. The second-order valence-electron chi connectivity index (χ2n) is 4.51. The van der Waals surface area contributed by atoms with Crippen LogP contribution in [0, 0.1) is 0 Å². The van der Waals surface area contributed by atoms with Gasteiger partial charge in [0.05, 0.1) is 0 Å². The maximum atomic E-state index is 12.2. The van der Waals surface area contributed by atoms with Crippen molar-refractivity contribution in [3.63, 3.8) is 0 Å². The highest BCUT2D eigenvalue weighted by atomic mass is 32.1. The number of carbonyl (C=O) groups is 1. The number of hydrogen-bond acceptors (Lipinski definition) is 2. The lowest BCUT2D eigenvalue weighted by Gasteiger charge is -2.17. The molecule has 19 heavy (non-hydrogen) atoms. The number of benzene rings is 2. The van der Waals surface area contributed by atoms with Crippen LogP contribution in [0.1, 0.15) is 15.9 Å². The van der Waals surface area contributed by atoms with E-state index in [1.807, 2.05) is 43.4 Å². The van der Waals surface area contributed by atoms with Crippen LogP contribution in [0.2, 0.25) is 0 Å². The summed E-state index contributed by atoms with van der Waals surface area (Å²) in [5, 5.41) is 0.